The van der Waals surface area contributed by atoms with Crippen LogP contribution >= 0.6 is 11.6 Å². The Kier molecular flexibility index (Phi) is 4.38. The topological polar surface area (TPSA) is 61.8 Å². The van der Waals surface area contributed by atoms with Crippen LogP contribution in [0.4, 0.5) is 11.4 Å². The molecule has 0 aliphatic carbocycles. The SMILES string of the molecule is COc1cc(C2Nc3ccccc3C(=O)N2c2ccccc2)cc(Cl)c1O. The van der Waals surface area contributed by atoms with Gasteiger partial charge in [0.2, 0.25) is 0 Å². The van der Waals surface area contributed by atoms with E-state index in [1.807, 2.05) is 48.5 Å². The van der Waals surface area contributed by atoms with Crippen LogP contribution in [0.25, 0.3) is 0 Å². The highest BCUT2D eigenvalue weighted by atomic mass is 35.5. The van der Waals surface area contributed by atoms with Crippen molar-refractivity contribution in [1.29, 1.82) is 0 Å². The summed E-state index contributed by atoms with van der Waals surface area (Å²) in [7, 11) is 1.46. The lowest BCUT2D eigenvalue weighted by Crippen LogP contribution is -2.43. The lowest BCUT2D eigenvalue weighted by atomic mass is 10.0. The minimum Gasteiger partial charge on any atom is -0.503 e. The highest BCUT2D eigenvalue weighted by Crippen LogP contribution is 2.41. The summed E-state index contributed by atoms with van der Waals surface area (Å²) in [5.41, 5.74) is 2.77. The molecule has 0 aromatic heterocycles. The standard InChI is InChI=1S/C21H17ClN2O3/c1-27-18-12-13(11-16(22)19(18)25)20-23-17-10-6-5-9-15(17)21(26)24(20)14-7-3-2-4-8-14/h2-12,20,23,25H,1H3. The number of nitrogens with zero attached hydrogens (tertiary/aromatic N) is 1. The Morgan fingerprint density at radius 3 is 2.52 bits per heavy atom. The first-order valence-corrected chi connectivity index (χ1v) is 8.78. The molecule has 1 aliphatic rings. The lowest BCUT2D eigenvalue weighted by molar-refractivity contribution is 0.0975. The molecule has 0 fully saturated rings. The van der Waals surface area contributed by atoms with Crippen molar-refractivity contribution in [3.63, 3.8) is 0 Å². The number of hydrogen-bond acceptors (Lipinski definition) is 4. The summed E-state index contributed by atoms with van der Waals surface area (Å²) in [5, 5.41) is 13.6. The largest absolute Gasteiger partial charge is 0.503 e. The fourth-order valence-electron chi connectivity index (χ4n) is 3.25. The van der Waals surface area contributed by atoms with Gasteiger partial charge in [-0.15, -0.1) is 0 Å². The Hall–Kier alpha value is -3.18. The van der Waals surface area contributed by atoms with Crippen LogP contribution in [0.2, 0.25) is 5.02 Å². The number of methoxy groups -OCH3 is 1. The minimum absolute atomic E-state index is 0.122. The molecule has 1 heterocycles. The molecule has 3 aromatic carbocycles. The Balaban J connectivity index is 1.89. The number of carbonyl (C=O) groups is 1. The van der Waals surface area contributed by atoms with E-state index in [4.69, 9.17) is 16.3 Å². The first-order valence-electron chi connectivity index (χ1n) is 8.40. The molecule has 1 amide bonds. The van der Waals surface area contributed by atoms with E-state index in [-0.39, 0.29) is 22.4 Å². The van der Waals surface area contributed by atoms with Crippen molar-refractivity contribution < 1.29 is 14.6 Å². The van der Waals surface area contributed by atoms with Gasteiger partial charge in [0.05, 0.1) is 17.7 Å². The van der Waals surface area contributed by atoms with Crippen LogP contribution in [-0.4, -0.2) is 18.1 Å². The third-order valence-corrected chi connectivity index (χ3v) is 4.84. The lowest BCUT2D eigenvalue weighted by Gasteiger charge is -2.38. The summed E-state index contributed by atoms with van der Waals surface area (Å²) in [6.45, 7) is 0. The molecule has 136 valence electrons. The van der Waals surface area contributed by atoms with Crippen LogP contribution in [0.1, 0.15) is 22.1 Å². The molecule has 1 atom stereocenters. The van der Waals surface area contributed by atoms with Crippen LogP contribution in [0.5, 0.6) is 11.5 Å². The highest BCUT2D eigenvalue weighted by molar-refractivity contribution is 6.32. The highest BCUT2D eigenvalue weighted by Gasteiger charge is 2.34. The molecule has 2 N–H and O–H groups in total. The van der Waals surface area contributed by atoms with Gasteiger partial charge < -0.3 is 15.2 Å². The number of anilines is 2. The van der Waals surface area contributed by atoms with E-state index in [9.17, 15) is 9.90 Å². The molecule has 5 nitrogen and oxygen atoms in total. The predicted octanol–water partition coefficient (Wildman–Crippen LogP) is 4.83. The summed E-state index contributed by atoms with van der Waals surface area (Å²) >= 11 is 6.19. The molecule has 4 rings (SSSR count). The molecule has 0 saturated carbocycles. The van der Waals surface area contributed by atoms with Crippen molar-refractivity contribution in [2.45, 2.75) is 6.17 Å². The fourth-order valence-corrected chi connectivity index (χ4v) is 3.47. The summed E-state index contributed by atoms with van der Waals surface area (Å²) < 4.78 is 5.23. The molecular formula is C21H17ClN2O3. The zero-order valence-electron chi connectivity index (χ0n) is 14.5. The number of aromatic hydroxyl groups is 1. The van der Waals surface area contributed by atoms with Crippen molar-refractivity contribution in [2.24, 2.45) is 0 Å². The summed E-state index contributed by atoms with van der Waals surface area (Å²) in [4.78, 5) is 15.0. The predicted molar refractivity (Wildman–Crippen MR) is 106 cm³/mol. The normalized spacial score (nSPS) is 15.9. The van der Waals surface area contributed by atoms with Gasteiger partial charge in [-0.1, -0.05) is 41.9 Å². The zero-order valence-corrected chi connectivity index (χ0v) is 15.3. The van der Waals surface area contributed by atoms with Crippen molar-refractivity contribution in [1.82, 2.24) is 0 Å². The van der Waals surface area contributed by atoms with Gasteiger partial charge in [0.25, 0.3) is 5.91 Å². The number of rotatable bonds is 3. The molecule has 27 heavy (non-hydrogen) atoms. The van der Waals surface area contributed by atoms with Crippen molar-refractivity contribution >= 4 is 28.9 Å². The van der Waals surface area contributed by atoms with E-state index >= 15 is 0 Å². The number of fused-ring (bicyclic) bond motifs is 1. The maximum atomic E-state index is 13.3. The van der Waals surface area contributed by atoms with E-state index < -0.39 is 6.17 Å². The van der Waals surface area contributed by atoms with Gasteiger partial charge in [0.1, 0.15) is 6.17 Å². The molecule has 6 heteroatoms. The van der Waals surface area contributed by atoms with Gasteiger partial charge in [0, 0.05) is 16.9 Å². The van der Waals surface area contributed by atoms with Crippen molar-refractivity contribution in [3.05, 3.63) is 82.9 Å². The van der Waals surface area contributed by atoms with Crippen LogP contribution in [-0.2, 0) is 0 Å². The van der Waals surface area contributed by atoms with Crippen molar-refractivity contribution in [3.8, 4) is 11.5 Å². The van der Waals surface area contributed by atoms with Crippen LogP contribution in [0.15, 0.2) is 66.7 Å². The second-order valence-electron chi connectivity index (χ2n) is 6.16. The number of ether oxygens (including phenoxy) is 1. The second-order valence-corrected chi connectivity index (χ2v) is 6.56. The van der Waals surface area contributed by atoms with E-state index in [2.05, 4.69) is 5.32 Å². The maximum absolute atomic E-state index is 13.3. The number of phenols is 1. The maximum Gasteiger partial charge on any atom is 0.262 e. The number of benzene rings is 3. The Morgan fingerprint density at radius 2 is 1.78 bits per heavy atom. The third-order valence-electron chi connectivity index (χ3n) is 4.55. The van der Waals surface area contributed by atoms with E-state index in [1.165, 1.54) is 7.11 Å². The number of nitrogens with one attached hydrogen (secondary N) is 1. The molecule has 0 saturated heterocycles. The van der Waals surface area contributed by atoms with Gasteiger partial charge in [-0.2, -0.15) is 0 Å². The smallest absolute Gasteiger partial charge is 0.262 e. The monoisotopic (exact) mass is 380 g/mol. The molecule has 0 spiro atoms. The first kappa shape index (κ1) is 17.2. The molecule has 0 bridgehead atoms. The number of hydrogen-bond donors (Lipinski definition) is 2. The Bertz CT molecular complexity index is 1010. The Morgan fingerprint density at radius 1 is 1.07 bits per heavy atom. The van der Waals surface area contributed by atoms with E-state index in [0.717, 1.165) is 11.4 Å². The average molecular weight is 381 g/mol. The van der Waals surface area contributed by atoms with Gasteiger partial charge in [0.15, 0.2) is 11.5 Å². The second kappa shape index (κ2) is 6.85. The van der Waals surface area contributed by atoms with E-state index in [0.29, 0.717) is 11.1 Å². The summed E-state index contributed by atoms with van der Waals surface area (Å²) in [6, 6.07) is 20.1. The average Bonchev–Trinajstić information content (AvgIpc) is 2.70. The molecule has 1 unspecified atom stereocenters. The first-order chi connectivity index (χ1) is 13.1. The number of para-hydroxylation sites is 2. The third kappa shape index (κ3) is 2.96. The van der Waals surface area contributed by atoms with Crippen molar-refractivity contribution in [2.75, 3.05) is 17.3 Å². The Labute approximate surface area is 161 Å². The number of amides is 1. The quantitative estimate of drug-likeness (QED) is 0.683. The number of carbonyl (C=O) groups excluding carboxylic acids is 1. The minimum atomic E-state index is -0.512. The van der Waals surface area contributed by atoms with Crippen LogP contribution < -0.4 is 15.0 Å². The molecule has 1 aliphatic heterocycles. The zero-order chi connectivity index (χ0) is 19.0. The number of phenolic OH excluding ortho intramolecular Hbond substituents is 1. The van der Waals surface area contributed by atoms with Crippen LogP contribution in [0, 0.1) is 0 Å². The summed E-state index contributed by atoms with van der Waals surface area (Å²) in [5.74, 6) is -0.000882. The summed E-state index contributed by atoms with van der Waals surface area (Å²) in [6.07, 6.45) is -0.512. The van der Waals surface area contributed by atoms with Gasteiger partial charge in [-0.05, 0) is 36.4 Å². The van der Waals surface area contributed by atoms with Gasteiger partial charge >= 0.3 is 0 Å². The molecule has 3 aromatic rings. The number of halogens is 1. The van der Waals surface area contributed by atoms with Gasteiger partial charge in [-0.3, -0.25) is 9.69 Å². The van der Waals surface area contributed by atoms with Crippen LogP contribution in [0.3, 0.4) is 0 Å². The fraction of sp³-hybridized carbons (Fsp3) is 0.0952. The van der Waals surface area contributed by atoms with Gasteiger partial charge in [-0.25, -0.2) is 0 Å². The molecular weight excluding hydrogens is 364 g/mol. The van der Waals surface area contributed by atoms with E-state index in [1.54, 1.807) is 23.1 Å². The molecule has 0 radical (unpaired) electrons.